The van der Waals surface area contributed by atoms with E-state index in [1.54, 1.807) is 19.1 Å². The van der Waals surface area contributed by atoms with Crippen LogP contribution in [0.3, 0.4) is 0 Å². The minimum Gasteiger partial charge on any atom is -0.497 e. The lowest BCUT2D eigenvalue weighted by Crippen LogP contribution is -2.26. The van der Waals surface area contributed by atoms with Crippen molar-refractivity contribution in [3.05, 3.63) is 41.5 Å². The summed E-state index contributed by atoms with van der Waals surface area (Å²) in [5, 5.41) is 6.80. The van der Waals surface area contributed by atoms with Crippen LogP contribution in [0, 0.1) is 6.92 Å². The molecule has 0 radical (unpaired) electrons. The Balaban J connectivity index is 1.85. The second-order valence-corrected chi connectivity index (χ2v) is 4.94. The normalized spacial score (nSPS) is 10.4. The molecule has 0 saturated heterocycles. The van der Waals surface area contributed by atoms with Gasteiger partial charge in [-0.2, -0.15) is 5.10 Å². The van der Waals surface area contributed by atoms with Crippen molar-refractivity contribution in [2.24, 2.45) is 0 Å². The molecule has 0 saturated carbocycles. The fourth-order valence-electron chi connectivity index (χ4n) is 2.03. The first-order chi connectivity index (χ1) is 10.1. The van der Waals surface area contributed by atoms with Crippen LogP contribution in [0.4, 0.5) is 0 Å². The average molecular weight is 288 g/mol. The van der Waals surface area contributed by atoms with Crippen molar-refractivity contribution in [2.45, 2.75) is 26.3 Å². The van der Waals surface area contributed by atoms with Crippen molar-refractivity contribution in [2.75, 3.05) is 14.2 Å². The molecule has 0 bridgehead atoms. The van der Waals surface area contributed by atoms with Gasteiger partial charge in [0.15, 0.2) is 5.82 Å². The predicted molar refractivity (Wildman–Crippen MR) is 78.9 cm³/mol. The SMILES string of the molecule is COc1cccc(CCC(=O)N(C)Cc2n[nH]c(C)n2)c1. The first-order valence-corrected chi connectivity index (χ1v) is 6.83. The average Bonchev–Trinajstić information content (AvgIpc) is 2.90. The molecule has 1 amide bonds. The minimum absolute atomic E-state index is 0.0697. The van der Waals surface area contributed by atoms with Gasteiger partial charge >= 0.3 is 0 Å². The van der Waals surface area contributed by atoms with Gasteiger partial charge in [-0.3, -0.25) is 9.89 Å². The zero-order valence-electron chi connectivity index (χ0n) is 12.6. The molecule has 1 aromatic carbocycles. The first-order valence-electron chi connectivity index (χ1n) is 6.83. The second kappa shape index (κ2) is 6.88. The highest BCUT2D eigenvalue weighted by Crippen LogP contribution is 2.14. The number of benzene rings is 1. The van der Waals surface area contributed by atoms with E-state index in [1.807, 2.05) is 31.2 Å². The van der Waals surface area contributed by atoms with E-state index in [2.05, 4.69) is 15.2 Å². The van der Waals surface area contributed by atoms with E-state index in [-0.39, 0.29) is 5.91 Å². The summed E-state index contributed by atoms with van der Waals surface area (Å²) in [5.74, 6) is 2.26. The molecule has 2 rings (SSSR count). The molecule has 0 aliphatic carbocycles. The van der Waals surface area contributed by atoms with Crippen molar-refractivity contribution in [3.63, 3.8) is 0 Å². The molecule has 112 valence electrons. The van der Waals surface area contributed by atoms with Gasteiger partial charge in [-0.25, -0.2) is 4.98 Å². The van der Waals surface area contributed by atoms with Crippen LogP contribution in [0.5, 0.6) is 5.75 Å². The number of H-pyrrole nitrogens is 1. The Labute approximate surface area is 124 Å². The molecule has 6 heteroatoms. The third-order valence-corrected chi connectivity index (χ3v) is 3.21. The highest BCUT2D eigenvalue weighted by molar-refractivity contribution is 5.76. The quantitative estimate of drug-likeness (QED) is 0.878. The van der Waals surface area contributed by atoms with Crippen LogP contribution < -0.4 is 4.74 Å². The van der Waals surface area contributed by atoms with Crippen LogP contribution >= 0.6 is 0 Å². The lowest BCUT2D eigenvalue weighted by Gasteiger charge is -2.15. The molecular formula is C15H20N4O2. The molecule has 6 nitrogen and oxygen atoms in total. The molecule has 0 atom stereocenters. The largest absolute Gasteiger partial charge is 0.497 e. The Morgan fingerprint density at radius 1 is 1.43 bits per heavy atom. The summed E-state index contributed by atoms with van der Waals surface area (Å²) in [5.41, 5.74) is 1.09. The van der Waals surface area contributed by atoms with E-state index in [0.717, 1.165) is 17.1 Å². The van der Waals surface area contributed by atoms with Gasteiger partial charge in [0.25, 0.3) is 0 Å². The van der Waals surface area contributed by atoms with E-state index >= 15 is 0 Å². The molecule has 1 aromatic heterocycles. The number of nitrogens with zero attached hydrogens (tertiary/aromatic N) is 3. The lowest BCUT2D eigenvalue weighted by atomic mass is 10.1. The molecule has 1 heterocycles. The van der Waals surface area contributed by atoms with Gasteiger partial charge in [-0.15, -0.1) is 0 Å². The van der Waals surface area contributed by atoms with Gasteiger partial charge in [0, 0.05) is 13.5 Å². The number of ether oxygens (including phenoxy) is 1. The van der Waals surface area contributed by atoms with Crippen LogP contribution in [0.2, 0.25) is 0 Å². The van der Waals surface area contributed by atoms with Gasteiger partial charge < -0.3 is 9.64 Å². The smallest absolute Gasteiger partial charge is 0.223 e. The van der Waals surface area contributed by atoms with Crippen molar-refractivity contribution in [1.82, 2.24) is 20.1 Å². The Hall–Kier alpha value is -2.37. The lowest BCUT2D eigenvalue weighted by molar-refractivity contribution is -0.130. The number of hydrogen-bond donors (Lipinski definition) is 1. The van der Waals surface area contributed by atoms with Crippen LogP contribution in [0.15, 0.2) is 24.3 Å². The van der Waals surface area contributed by atoms with Gasteiger partial charge in [-0.05, 0) is 31.0 Å². The molecule has 0 aliphatic heterocycles. The van der Waals surface area contributed by atoms with E-state index in [4.69, 9.17) is 4.74 Å². The van der Waals surface area contributed by atoms with E-state index in [9.17, 15) is 4.79 Å². The van der Waals surface area contributed by atoms with Crippen molar-refractivity contribution in [3.8, 4) is 5.75 Å². The van der Waals surface area contributed by atoms with Crippen LogP contribution in [-0.2, 0) is 17.8 Å². The minimum atomic E-state index is 0.0697. The summed E-state index contributed by atoms with van der Waals surface area (Å²) in [6, 6.07) is 7.77. The monoisotopic (exact) mass is 288 g/mol. The maximum atomic E-state index is 12.1. The van der Waals surface area contributed by atoms with E-state index in [0.29, 0.717) is 25.2 Å². The molecule has 1 N–H and O–H groups in total. The topological polar surface area (TPSA) is 71.1 Å². The van der Waals surface area contributed by atoms with E-state index < -0.39 is 0 Å². The Bertz CT molecular complexity index is 609. The van der Waals surface area contributed by atoms with Crippen LogP contribution in [0.1, 0.15) is 23.6 Å². The Morgan fingerprint density at radius 3 is 2.90 bits per heavy atom. The van der Waals surface area contributed by atoms with Crippen molar-refractivity contribution in [1.29, 1.82) is 0 Å². The molecular weight excluding hydrogens is 268 g/mol. The highest BCUT2D eigenvalue weighted by atomic mass is 16.5. The number of aryl methyl sites for hydroxylation is 2. The first kappa shape index (κ1) is 15.0. The number of hydrogen-bond acceptors (Lipinski definition) is 4. The maximum Gasteiger partial charge on any atom is 0.223 e. The van der Waals surface area contributed by atoms with E-state index in [1.165, 1.54) is 0 Å². The summed E-state index contributed by atoms with van der Waals surface area (Å²) in [6.45, 7) is 2.25. The standard InChI is InChI=1S/C15H20N4O2/c1-11-16-14(18-17-11)10-19(2)15(20)8-7-12-5-4-6-13(9-12)21-3/h4-6,9H,7-8,10H2,1-3H3,(H,16,17,18). The molecule has 2 aromatic rings. The molecule has 0 aliphatic rings. The zero-order chi connectivity index (χ0) is 15.2. The number of carbonyl (C=O) groups excluding carboxylic acids is 1. The third kappa shape index (κ3) is 4.30. The van der Waals surface area contributed by atoms with Crippen molar-refractivity contribution < 1.29 is 9.53 Å². The number of rotatable bonds is 6. The molecule has 21 heavy (non-hydrogen) atoms. The van der Waals surface area contributed by atoms with Gasteiger partial charge in [0.2, 0.25) is 5.91 Å². The van der Waals surface area contributed by atoms with Crippen LogP contribution in [-0.4, -0.2) is 40.1 Å². The summed E-state index contributed by atoms with van der Waals surface area (Å²) in [6.07, 6.45) is 1.14. The summed E-state index contributed by atoms with van der Waals surface area (Å²) in [7, 11) is 3.40. The fraction of sp³-hybridized carbons (Fsp3) is 0.400. The molecule has 0 unspecified atom stereocenters. The van der Waals surface area contributed by atoms with Gasteiger partial charge in [0.05, 0.1) is 13.7 Å². The van der Waals surface area contributed by atoms with Crippen LogP contribution in [0.25, 0.3) is 0 Å². The number of aromatic amines is 1. The number of nitrogens with one attached hydrogen (secondary N) is 1. The maximum absolute atomic E-state index is 12.1. The number of methoxy groups -OCH3 is 1. The number of aromatic nitrogens is 3. The third-order valence-electron chi connectivity index (χ3n) is 3.21. The number of carbonyl (C=O) groups is 1. The van der Waals surface area contributed by atoms with Gasteiger partial charge in [-0.1, -0.05) is 12.1 Å². The summed E-state index contributed by atoms with van der Waals surface area (Å²) < 4.78 is 5.18. The zero-order valence-corrected chi connectivity index (χ0v) is 12.6. The molecule has 0 spiro atoms. The second-order valence-electron chi connectivity index (χ2n) is 4.94. The highest BCUT2D eigenvalue weighted by Gasteiger charge is 2.12. The fourth-order valence-corrected chi connectivity index (χ4v) is 2.03. The van der Waals surface area contributed by atoms with Crippen molar-refractivity contribution >= 4 is 5.91 Å². The Kier molecular flexibility index (Phi) is 4.92. The summed E-state index contributed by atoms with van der Waals surface area (Å²) in [4.78, 5) is 17.9. The number of amides is 1. The summed E-state index contributed by atoms with van der Waals surface area (Å²) >= 11 is 0. The predicted octanol–water partition coefficient (Wildman–Crippen LogP) is 1.71. The Morgan fingerprint density at radius 2 is 2.24 bits per heavy atom. The van der Waals surface area contributed by atoms with Gasteiger partial charge in [0.1, 0.15) is 11.6 Å². The molecule has 0 fully saturated rings.